The summed E-state index contributed by atoms with van der Waals surface area (Å²) in [6, 6.07) is 0.0110. The molecule has 3 nitrogen and oxygen atoms in total. The Labute approximate surface area is 69.2 Å². The highest BCUT2D eigenvalue weighted by atomic mass is 32.2. The van der Waals surface area contributed by atoms with Crippen LogP contribution in [0.1, 0.15) is 33.6 Å². The molecule has 0 radical (unpaired) electrons. The molecule has 0 aromatic carbocycles. The lowest BCUT2D eigenvalue weighted by Crippen LogP contribution is -2.32. The van der Waals surface area contributed by atoms with E-state index in [4.69, 9.17) is 0 Å². The fourth-order valence-electron chi connectivity index (χ4n) is 0.752. The van der Waals surface area contributed by atoms with Crippen molar-refractivity contribution in [2.75, 3.05) is 5.75 Å². The molecule has 4 heteroatoms. The predicted octanol–water partition coefficient (Wildman–Crippen LogP) is 1.11. The minimum absolute atomic E-state index is 0.0110. The van der Waals surface area contributed by atoms with E-state index in [0.29, 0.717) is 0 Å². The average molecular weight is 179 g/mol. The van der Waals surface area contributed by atoms with Crippen molar-refractivity contribution in [1.29, 1.82) is 0 Å². The van der Waals surface area contributed by atoms with Crippen LogP contribution in [0.25, 0.3) is 0 Å². The molecule has 0 atom stereocenters. The Balaban J connectivity index is 3.82. The molecule has 0 fully saturated rings. The molecule has 0 aliphatic heterocycles. The molecule has 1 N–H and O–H groups in total. The van der Waals surface area contributed by atoms with Gasteiger partial charge in [0, 0.05) is 6.04 Å². The number of sulfonamides is 1. The topological polar surface area (TPSA) is 46.2 Å². The third-order valence-electron chi connectivity index (χ3n) is 1.18. The van der Waals surface area contributed by atoms with E-state index in [9.17, 15) is 8.42 Å². The average Bonchev–Trinajstić information content (AvgIpc) is 1.81. The summed E-state index contributed by atoms with van der Waals surface area (Å²) in [5, 5.41) is 0. The van der Waals surface area contributed by atoms with E-state index in [1.165, 1.54) is 0 Å². The Hall–Kier alpha value is -0.0900. The van der Waals surface area contributed by atoms with Crippen molar-refractivity contribution in [2.24, 2.45) is 0 Å². The van der Waals surface area contributed by atoms with Gasteiger partial charge >= 0.3 is 0 Å². The summed E-state index contributed by atoms with van der Waals surface area (Å²) >= 11 is 0. The number of hydrogen-bond donors (Lipinski definition) is 1. The lowest BCUT2D eigenvalue weighted by Gasteiger charge is -2.07. The Morgan fingerprint density at radius 2 is 1.91 bits per heavy atom. The van der Waals surface area contributed by atoms with Crippen LogP contribution < -0.4 is 4.72 Å². The molecule has 0 saturated carbocycles. The fourth-order valence-corrected chi connectivity index (χ4v) is 2.26. The van der Waals surface area contributed by atoms with E-state index >= 15 is 0 Å². The lowest BCUT2D eigenvalue weighted by atomic mass is 10.4. The van der Waals surface area contributed by atoms with Crippen molar-refractivity contribution in [3.8, 4) is 0 Å². The molecule has 0 unspecified atom stereocenters. The minimum atomic E-state index is -2.99. The van der Waals surface area contributed by atoms with Gasteiger partial charge in [0.05, 0.1) is 5.75 Å². The quantitative estimate of drug-likeness (QED) is 0.687. The second-order valence-corrected chi connectivity index (χ2v) is 4.82. The third kappa shape index (κ3) is 6.31. The number of rotatable bonds is 5. The smallest absolute Gasteiger partial charge is 0.211 e. The highest BCUT2D eigenvalue weighted by Crippen LogP contribution is 1.94. The molecular formula is C7H17NO2S. The van der Waals surface area contributed by atoms with Crippen LogP contribution in [-0.4, -0.2) is 20.2 Å². The molecule has 0 aliphatic carbocycles. The molecule has 0 heterocycles. The van der Waals surface area contributed by atoms with Crippen LogP contribution in [-0.2, 0) is 10.0 Å². The molecule has 0 aromatic heterocycles. The number of unbranched alkanes of at least 4 members (excludes halogenated alkanes) is 1. The van der Waals surface area contributed by atoms with Gasteiger partial charge in [-0.05, 0) is 20.3 Å². The Morgan fingerprint density at radius 3 is 2.27 bits per heavy atom. The molecule has 11 heavy (non-hydrogen) atoms. The van der Waals surface area contributed by atoms with Gasteiger partial charge in [-0.3, -0.25) is 0 Å². The first-order valence-corrected chi connectivity index (χ1v) is 5.63. The van der Waals surface area contributed by atoms with Crippen LogP contribution in [0.15, 0.2) is 0 Å². The van der Waals surface area contributed by atoms with Crippen molar-refractivity contribution >= 4 is 10.0 Å². The summed E-state index contributed by atoms with van der Waals surface area (Å²) in [5.74, 6) is 0.252. The minimum Gasteiger partial charge on any atom is -0.213 e. The molecular weight excluding hydrogens is 162 g/mol. The maximum absolute atomic E-state index is 11.1. The van der Waals surface area contributed by atoms with E-state index in [-0.39, 0.29) is 11.8 Å². The molecule has 0 bridgehead atoms. The van der Waals surface area contributed by atoms with Crippen LogP contribution >= 0.6 is 0 Å². The first-order valence-electron chi connectivity index (χ1n) is 3.98. The van der Waals surface area contributed by atoms with Gasteiger partial charge in [-0.15, -0.1) is 0 Å². The molecule has 0 rings (SSSR count). The van der Waals surface area contributed by atoms with Crippen molar-refractivity contribution in [3.05, 3.63) is 0 Å². The van der Waals surface area contributed by atoms with E-state index < -0.39 is 10.0 Å². The maximum atomic E-state index is 11.1. The molecule has 0 aromatic rings. The molecule has 0 aliphatic rings. The summed E-state index contributed by atoms with van der Waals surface area (Å²) in [7, 11) is -2.99. The van der Waals surface area contributed by atoms with Crippen LogP contribution in [0.2, 0.25) is 0 Å². The Bertz CT molecular complexity index is 185. The first kappa shape index (κ1) is 10.9. The van der Waals surface area contributed by atoms with Gasteiger partial charge in [-0.2, -0.15) is 0 Å². The Kier molecular flexibility index (Phi) is 4.68. The van der Waals surface area contributed by atoms with Crippen molar-refractivity contribution < 1.29 is 8.42 Å². The highest BCUT2D eigenvalue weighted by Gasteiger charge is 2.09. The molecule has 0 saturated heterocycles. The van der Waals surface area contributed by atoms with Crippen LogP contribution in [0.4, 0.5) is 0 Å². The van der Waals surface area contributed by atoms with Gasteiger partial charge < -0.3 is 0 Å². The van der Waals surface area contributed by atoms with Gasteiger partial charge in [-0.1, -0.05) is 13.3 Å². The van der Waals surface area contributed by atoms with E-state index in [2.05, 4.69) is 4.72 Å². The number of hydrogen-bond acceptors (Lipinski definition) is 2. The lowest BCUT2D eigenvalue weighted by molar-refractivity contribution is 0.566. The van der Waals surface area contributed by atoms with Crippen molar-refractivity contribution in [1.82, 2.24) is 4.72 Å². The van der Waals surface area contributed by atoms with Crippen LogP contribution in [0.3, 0.4) is 0 Å². The zero-order valence-corrected chi connectivity index (χ0v) is 8.24. The normalized spacial score (nSPS) is 12.4. The van der Waals surface area contributed by atoms with Crippen LogP contribution in [0.5, 0.6) is 0 Å². The van der Waals surface area contributed by atoms with Crippen LogP contribution in [0, 0.1) is 0 Å². The SMILES string of the molecule is CCCCS(=O)(=O)NC(C)C. The van der Waals surface area contributed by atoms with Crippen molar-refractivity contribution in [2.45, 2.75) is 39.7 Å². The highest BCUT2D eigenvalue weighted by molar-refractivity contribution is 7.89. The van der Waals surface area contributed by atoms with E-state index in [1.807, 2.05) is 20.8 Å². The second-order valence-electron chi connectivity index (χ2n) is 2.94. The molecule has 0 amide bonds. The van der Waals surface area contributed by atoms with E-state index in [0.717, 1.165) is 12.8 Å². The third-order valence-corrected chi connectivity index (χ3v) is 2.84. The van der Waals surface area contributed by atoms with Crippen molar-refractivity contribution in [3.63, 3.8) is 0 Å². The molecule has 0 spiro atoms. The van der Waals surface area contributed by atoms with Gasteiger partial charge in [0.25, 0.3) is 0 Å². The fraction of sp³-hybridized carbons (Fsp3) is 1.00. The standard InChI is InChI=1S/C7H17NO2S/c1-4-5-6-11(9,10)8-7(2)3/h7-8H,4-6H2,1-3H3. The van der Waals surface area contributed by atoms with Gasteiger partial charge in [-0.25, -0.2) is 13.1 Å². The van der Waals surface area contributed by atoms with E-state index in [1.54, 1.807) is 0 Å². The zero-order chi connectivity index (χ0) is 8.91. The number of nitrogens with one attached hydrogen (secondary N) is 1. The van der Waals surface area contributed by atoms with Gasteiger partial charge in [0.15, 0.2) is 0 Å². The first-order chi connectivity index (χ1) is 4.98. The summed E-state index contributed by atoms with van der Waals surface area (Å²) in [6.07, 6.45) is 1.65. The summed E-state index contributed by atoms with van der Waals surface area (Å²) in [6.45, 7) is 5.62. The Morgan fingerprint density at radius 1 is 1.36 bits per heavy atom. The summed E-state index contributed by atoms with van der Waals surface area (Å²) < 4.78 is 24.7. The van der Waals surface area contributed by atoms with Gasteiger partial charge in [0.1, 0.15) is 0 Å². The maximum Gasteiger partial charge on any atom is 0.211 e. The predicted molar refractivity (Wildman–Crippen MR) is 47.0 cm³/mol. The zero-order valence-electron chi connectivity index (χ0n) is 7.42. The van der Waals surface area contributed by atoms with Gasteiger partial charge in [0.2, 0.25) is 10.0 Å². The second kappa shape index (κ2) is 4.72. The summed E-state index contributed by atoms with van der Waals surface area (Å²) in [4.78, 5) is 0. The summed E-state index contributed by atoms with van der Waals surface area (Å²) in [5.41, 5.74) is 0. The monoisotopic (exact) mass is 179 g/mol. The molecule has 68 valence electrons. The largest absolute Gasteiger partial charge is 0.213 e.